The Kier molecular flexibility index (Phi) is 12.7. The van der Waals surface area contributed by atoms with Gasteiger partial charge in [0.1, 0.15) is 0 Å². The van der Waals surface area contributed by atoms with Crippen LogP contribution >= 0.6 is 0 Å². The zero-order chi connectivity index (χ0) is 32.2. The molecule has 0 heterocycles. The fourth-order valence-electron chi connectivity index (χ4n) is 10.7. The van der Waals surface area contributed by atoms with Crippen molar-refractivity contribution >= 4 is 10.4 Å². The number of unbranched alkanes of at least 4 members (excludes halogenated alkanes) is 1. The molecule has 0 aromatic rings. The van der Waals surface area contributed by atoms with Gasteiger partial charge in [-0.05, 0) is 156 Å². The first-order valence-electron chi connectivity index (χ1n) is 17.9. The van der Waals surface area contributed by atoms with Crippen molar-refractivity contribution in [3.63, 3.8) is 0 Å². The molecule has 4 aliphatic carbocycles. The van der Waals surface area contributed by atoms with E-state index < -0.39 is 22.6 Å². The molecule has 4 rings (SSSR count). The molecule has 0 amide bonds. The Morgan fingerprint density at radius 3 is 2.41 bits per heavy atom. The average molecular weight is 644 g/mol. The lowest BCUT2D eigenvalue weighted by atomic mass is 9.43. The Morgan fingerprint density at radius 1 is 0.977 bits per heavy atom. The largest absolute Gasteiger partial charge is 0.397 e. The van der Waals surface area contributed by atoms with E-state index in [0.717, 1.165) is 64.7 Å². The van der Waals surface area contributed by atoms with Crippen LogP contribution in [-0.2, 0) is 14.6 Å². The lowest BCUT2D eigenvalue weighted by molar-refractivity contribution is -0.167. The Balaban J connectivity index is 1.28. The topological polar surface area (TPSA) is 154 Å². The highest BCUT2D eigenvalue weighted by molar-refractivity contribution is 7.80. The average Bonchev–Trinajstić information content (AvgIpc) is 3.31. The highest BCUT2D eigenvalue weighted by Crippen LogP contribution is 2.68. The SMILES string of the molecule is CC(CCCC(C)(O)COS(=O)(=O)O)[C@H]1CCC2C3C(CC[C@@]21C)[C@@]1(C)CC[C@H](NCCCNCCCCN)C[C@@H]1C[C@H]3O. The summed E-state index contributed by atoms with van der Waals surface area (Å²) < 4.78 is 35.1. The fraction of sp³-hybridized carbons (Fsp3) is 1.00. The number of rotatable bonds is 17. The van der Waals surface area contributed by atoms with Crippen LogP contribution in [0.1, 0.15) is 118 Å². The van der Waals surface area contributed by atoms with Gasteiger partial charge in [0.25, 0.3) is 0 Å². The third kappa shape index (κ3) is 8.77. The Morgan fingerprint density at radius 2 is 1.68 bits per heavy atom. The number of aliphatic hydroxyl groups is 2. The minimum atomic E-state index is -4.56. The van der Waals surface area contributed by atoms with E-state index in [1.165, 1.54) is 44.9 Å². The van der Waals surface area contributed by atoms with Crippen molar-refractivity contribution in [2.45, 2.75) is 135 Å². The number of fused-ring (bicyclic) bond motifs is 5. The summed E-state index contributed by atoms with van der Waals surface area (Å²) in [7, 11) is -4.56. The summed E-state index contributed by atoms with van der Waals surface area (Å²) in [6.45, 7) is 12.5. The molecule has 0 spiro atoms. The van der Waals surface area contributed by atoms with Gasteiger partial charge in [-0.2, -0.15) is 8.42 Å². The molecule has 4 aliphatic rings. The van der Waals surface area contributed by atoms with Gasteiger partial charge in [0.05, 0.1) is 18.3 Å². The van der Waals surface area contributed by atoms with Crippen LogP contribution in [0.3, 0.4) is 0 Å². The predicted molar refractivity (Wildman–Crippen MR) is 175 cm³/mol. The zero-order valence-corrected chi connectivity index (χ0v) is 28.9. The quantitative estimate of drug-likeness (QED) is 0.0980. The molecule has 0 bridgehead atoms. The molecule has 0 aromatic heterocycles. The van der Waals surface area contributed by atoms with Crippen molar-refractivity contribution in [1.29, 1.82) is 0 Å². The Bertz CT molecular complexity index is 1010. The summed E-state index contributed by atoms with van der Waals surface area (Å²) in [4.78, 5) is 0. The van der Waals surface area contributed by atoms with Gasteiger partial charge in [-0.1, -0.05) is 33.6 Å². The number of nitrogens with one attached hydrogen (secondary N) is 2. The molecule has 0 saturated heterocycles. The molecule has 4 fully saturated rings. The first-order valence-corrected chi connectivity index (χ1v) is 19.2. The van der Waals surface area contributed by atoms with Crippen molar-refractivity contribution in [3.05, 3.63) is 0 Å². The summed E-state index contributed by atoms with van der Waals surface area (Å²) in [6, 6.07) is 0.569. The summed E-state index contributed by atoms with van der Waals surface area (Å²) in [6.07, 6.45) is 14.9. The third-order valence-electron chi connectivity index (χ3n) is 13.1. The Hall–Kier alpha value is -0.330. The monoisotopic (exact) mass is 643 g/mol. The number of hydrogen-bond donors (Lipinski definition) is 6. The predicted octanol–water partition coefficient (Wildman–Crippen LogP) is 4.67. The molecular formula is C34H65N3O6S. The van der Waals surface area contributed by atoms with Gasteiger partial charge in [0, 0.05) is 6.04 Å². The van der Waals surface area contributed by atoms with Gasteiger partial charge in [-0.15, -0.1) is 0 Å². The second-order valence-corrected chi connectivity index (χ2v) is 17.2. The van der Waals surface area contributed by atoms with E-state index in [9.17, 15) is 18.6 Å². The number of hydrogen-bond acceptors (Lipinski definition) is 8. The Labute approximate surface area is 268 Å². The minimum Gasteiger partial charge on any atom is -0.393 e. The lowest BCUT2D eigenvalue weighted by Crippen LogP contribution is -2.59. The van der Waals surface area contributed by atoms with Crippen molar-refractivity contribution < 1.29 is 27.4 Å². The van der Waals surface area contributed by atoms with Crippen LogP contribution in [0.5, 0.6) is 0 Å². The third-order valence-corrected chi connectivity index (χ3v) is 13.5. The standard InChI is InChI=1S/C34H65N3O6S/c1-24(9-7-14-32(2,39)23-43-44(40,41)42)27-10-11-28-31-29(13-16-34(27,28)4)33(3)15-12-26(21-25(33)22-30(31)38)37-20-8-19-36-18-6-5-17-35/h24-31,36-39H,5-23,35H2,1-4H3,(H,40,41,42)/t24?,25-,26+,27-,28?,29?,30-,31?,32?,33+,34-/m1/s1. The number of aliphatic hydroxyl groups excluding tert-OH is 1. The molecule has 0 aromatic carbocycles. The lowest BCUT2D eigenvalue weighted by Gasteiger charge is -2.62. The van der Waals surface area contributed by atoms with E-state index >= 15 is 0 Å². The molecule has 5 unspecified atom stereocenters. The number of nitrogens with two attached hydrogens (primary N) is 1. The normalized spacial score (nSPS) is 39.2. The molecule has 9 nitrogen and oxygen atoms in total. The van der Waals surface area contributed by atoms with Crippen LogP contribution < -0.4 is 16.4 Å². The summed E-state index contributed by atoms with van der Waals surface area (Å²) in [5.41, 5.74) is 4.84. The van der Waals surface area contributed by atoms with Crippen LogP contribution in [0.2, 0.25) is 0 Å². The first kappa shape index (κ1) is 36.5. The van der Waals surface area contributed by atoms with Gasteiger partial charge in [-0.3, -0.25) is 4.55 Å². The summed E-state index contributed by atoms with van der Waals surface area (Å²) >= 11 is 0. The minimum absolute atomic E-state index is 0.203. The van der Waals surface area contributed by atoms with Gasteiger partial charge in [-0.25, -0.2) is 4.18 Å². The van der Waals surface area contributed by atoms with Gasteiger partial charge >= 0.3 is 10.4 Å². The second kappa shape index (κ2) is 15.3. The van der Waals surface area contributed by atoms with E-state index in [1.807, 2.05) is 0 Å². The molecule has 258 valence electrons. The van der Waals surface area contributed by atoms with Crippen LogP contribution in [0.4, 0.5) is 0 Å². The van der Waals surface area contributed by atoms with Gasteiger partial charge < -0.3 is 26.6 Å². The highest BCUT2D eigenvalue weighted by Gasteiger charge is 2.62. The van der Waals surface area contributed by atoms with Crippen molar-refractivity contribution in [1.82, 2.24) is 10.6 Å². The molecule has 44 heavy (non-hydrogen) atoms. The maximum Gasteiger partial charge on any atom is 0.397 e. The molecule has 10 heteroatoms. The van der Waals surface area contributed by atoms with E-state index in [1.54, 1.807) is 6.92 Å². The van der Waals surface area contributed by atoms with Gasteiger partial charge in [0.15, 0.2) is 0 Å². The smallest absolute Gasteiger partial charge is 0.393 e. The highest BCUT2D eigenvalue weighted by atomic mass is 32.3. The maximum absolute atomic E-state index is 11.8. The van der Waals surface area contributed by atoms with Crippen molar-refractivity contribution in [2.24, 2.45) is 52.1 Å². The van der Waals surface area contributed by atoms with E-state index in [4.69, 9.17) is 10.3 Å². The molecule has 7 N–H and O–H groups in total. The molecule has 4 saturated carbocycles. The summed E-state index contributed by atoms with van der Waals surface area (Å²) in [5.74, 6) is 3.27. The molecular weight excluding hydrogens is 578 g/mol. The fourth-order valence-corrected chi connectivity index (χ4v) is 11.1. The van der Waals surface area contributed by atoms with Gasteiger partial charge in [0.2, 0.25) is 0 Å². The van der Waals surface area contributed by atoms with E-state index in [2.05, 4.69) is 35.6 Å². The second-order valence-electron chi connectivity index (χ2n) is 16.1. The van der Waals surface area contributed by atoms with Crippen LogP contribution in [-0.4, -0.2) is 73.7 Å². The van der Waals surface area contributed by atoms with Crippen LogP contribution in [0, 0.1) is 46.3 Å². The van der Waals surface area contributed by atoms with Crippen molar-refractivity contribution in [3.8, 4) is 0 Å². The van der Waals surface area contributed by atoms with Crippen molar-refractivity contribution in [2.75, 3.05) is 32.8 Å². The van der Waals surface area contributed by atoms with Crippen LogP contribution in [0.15, 0.2) is 0 Å². The first-order chi connectivity index (χ1) is 20.7. The summed E-state index contributed by atoms with van der Waals surface area (Å²) in [5, 5.41) is 29.7. The molecule has 0 radical (unpaired) electrons. The maximum atomic E-state index is 11.8. The molecule has 11 atom stereocenters. The zero-order valence-electron chi connectivity index (χ0n) is 28.1. The molecule has 0 aliphatic heterocycles. The van der Waals surface area contributed by atoms with E-state index in [-0.39, 0.29) is 11.5 Å². The van der Waals surface area contributed by atoms with Crippen LogP contribution in [0.25, 0.3) is 0 Å². The van der Waals surface area contributed by atoms with E-state index in [0.29, 0.717) is 53.4 Å².